The Bertz CT molecular complexity index is 1200. The van der Waals surface area contributed by atoms with E-state index >= 15 is 0 Å². The van der Waals surface area contributed by atoms with Crippen LogP contribution in [0.1, 0.15) is 27.6 Å². The third-order valence-electron chi connectivity index (χ3n) is 5.37. The lowest BCUT2D eigenvalue weighted by Crippen LogP contribution is -2.41. The molecular weight excluding hydrogens is 374 g/mol. The van der Waals surface area contributed by atoms with E-state index in [0.717, 1.165) is 11.6 Å². The number of benzene rings is 1. The summed E-state index contributed by atoms with van der Waals surface area (Å²) in [4.78, 5) is 28.1. The molecule has 0 aliphatic carbocycles. The van der Waals surface area contributed by atoms with E-state index in [0.29, 0.717) is 42.4 Å². The molecule has 29 heavy (non-hydrogen) atoms. The monoisotopic (exact) mass is 393 g/mol. The molecule has 4 heterocycles. The van der Waals surface area contributed by atoms with Crippen molar-refractivity contribution in [2.75, 3.05) is 13.3 Å². The van der Waals surface area contributed by atoms with Crippen molar-refractivity contribution >= 4 is 5.91 Å². The van der Waals surface area contributed by atoms with E-state index in [-0.39, 0.29) is 23.8 Å². The van der Waals surface area contributed by atoms with Gasteiger partial charge in [-0.1, -0.05) is 0 Å². The molecule has 0 saturated heterocycles. The Balaban J connectivity index is 1.52. The number of pyridine rings is 1. The van der Waals surface area contributed by atoms with Crippen molar-refractivity contribution in [2.24, 2.45) is 0 Å². The average Bonchev–Trinajstić information content (AvgIpc) is 3.34. The fraction of sp³-hybridized carbons (Fsp3) is 0.300. The molecule has 0 bridgehead atoms. The summed E-state index contributed by atoms with van der Waals surface area (Å²) < 4.78 is 14.2. The van der Waals surface area contributed by atoms with Gasteiger partial charge >= 0.3 is 0 Å². The van der Waals surface area contributed by atoms with E-state index in [1.165, 1.54) is 4.57 Å². The molecule has 3 aromatic rings. The van der Waals surface area contributed by atoms with Crippen LogP contribution in [0.4, 0.5) is 0 Å². The molecule has 0 N–H and O–H groups in total. The molecule has 0 unspecified atom stereocenters. The Kier molecular flexibility index (Phi) is 3.90. The first-order valence-corrected chi connectivity index (χ1v) is 9.33. The highest BCUT2D eigenvalue weighted by Crippen LogP contribution is 2.33. The van der Waals surface area contributed by atoms with Gasteiger partial charge in [0.05, 0.1) is 12.2 Å². The summed E-state index contributed by atoms with van der Waals surface area (Å²) in [6.07, 6.45) is 1.67. The molecule has 0 radical (unpaired) electrons. The molecular formula is C20H19N5O4. The van der Waals surface area contributed by atoms with Gasteiger partial charge in [-0.2, -0.15) is 0 Å². The van der Waals surface area contributed by atoms with Crippen molar-refractivity contribution in [1.29, 1.82) is 0 Å². The standard InChI is InChI=1S/C20H19N5O4/c1-12-5-6-25(14-3-4-15-16(9-14)29-11-28-15)20(27)18(12)19(26)23-7-8-24-13(2)21-22-17(24)10-23/h3-6,9H,7-8,10-11H2,1-2H3. The molecule has 2 aliphatic heterocycles. The highest BCUT2D eigenvalue weighted by molar-refractivity contribution is 5.95. The van der Waals surface area contributed by atoms with E-state index < -0.39 is 0 Å². The predicted octanol–water partition coefficient (Wildman–Crippen LogP) is 1.43. The van der Waals surface area contributed by atoms with Crippen LogP contribution in [0, 0.1) is 13.8 Å². The molecule has 1 amide bonds. The van der Waals surface area contributed by atoms with E-state index in [1.807, 2.05) is 11.5 Å². The molecule has 0 spiro atoms. The number of amides is 1. The number of carbonyl (C=O) groups is 1. The van der Waals surface area contributed by atoms with Crippen molar-refractivity contribution in [1.82, 2.24) is 24.2 Å². The van der Waals surface area contributed by atoms with Crippen LogP contribution in [-0.2, 0) is 13.1 Å². The molecule has 1 aromatic carbocycles. The minimum absolute atomic E-state index is 0.157. The summed E-state index contributed by atoms with van der Waals surface area (Å²) in [5.74, 6) is 2.47. The first-order valence-electron chi connectivity index (χ1n) is 9.33. The van der Waals surface area contributed by atoms with Crippen LogP contribution in [0.2, 0.25) is 0 Å². The van der Waals surface area contributed by atoms with Gasteiger partial charge in [0, 0.05) is 25.4 Å². The van der Waals surface area contributed by atoms with E-state index in [4.69, 9.17) is 9.47 Å². The van der Waals surface area contributed by atoms with Crippen LogP contribution in [-0.4, -0.2) is 43.5 Å². The van der Waals surface area contributed by atoms with Crippen LogP contribution in [0.15, 0.2) is 35.3 Å². The molecule has 2 aromatic heterocycles. The van der Waals surface area contributed by atoms with Crippen molar-refractivity contribution in [3.05, 3.63) is 63.6 Å². The molecule has 9 nitrogen and oxygen atoms in total. The fourth-order valence-electron chi connectivity index (χ4n) is 3.76. The van der Waals surface area contributed by atoms with Crippen LogP contribution in [0.25, 0.3) is 5.69 Å². The zero-order valence-corrected chi connectivity index (χ0v) is 16.1. The van der Waals surface area contributed by atoms with E-state index in [2.05, 4.69) is 10.2 Å². The first-order chi connectivity index (χ1) is 14.0. The van der Waals surface area contributed by atoms with Crippen molar-refractivity contribution < 1.29 is 14.3 Å². The number of hydrogen-bond donors (Lipinski definition) is 0. The van der Waals surface area contributed by atoms with Crippen LogP contribution >= 0.6 is 0 Å². The van der Waals surface area contributed by atoms with E-state index in [1.54, 1.807) is 42.3 Å². The van der Waals surface area contributed by atoms with Crippen molar-refractivity contribution in [3.63, 3.8) is 0 Å². The van der Waals surface area contributed by atoms with E-state index in [9.17, 15) is 9.59 Å². The van der Waals surface area contributed by atoms with Gasteiger partial charge in [0.15, 0.2) is 17.3 Å². The fourth-order valence-corrected chi connectivity index (χ4v) is 3.76. The highest BCUT2D eigenvalue weighted by Gasteiger charge is 2.27. The minimum atomic E-state index is -0.364. The van der Waals surface area contributed by atoms with Gasteiger partial charge in [-0.05, 0) is 37.6 Å². The van der Waals surface area contributed by atoms with Gasteiger partial charge in [-0.25, -0.2) is 0 Å². The topological polar surface area (TPSA) is 91.5 Å². The van der Waals surface area contributed by atoms with Gasteiger partial charge in [0.1, 0.15) is 11.4 Å². The Morgan fingerprint density at radius 1 is 1.07 bits per heavy atom. The molecule has 0 fully saturated rings. The SMILES string of the molecule is Cc1ccn(-c2ccc3c(c2)OCO3)c(=O)c1C(=O)N1CCn2c(C)nnc2C1. The lowest BCUT2D eigenvalue weighted by atomic mass is 10.1. The molecule has 0 atom stereocenters. The summed E-state index contributed by atoms with van der Waals surface area (Å²) in [7, 11) is 0. The van der Waals surface area contributed by atoms with Crippen molar-refractivity contribution in [2.45, 2.75) is 26.9 Å². The van der Waals surface area contributed by atoms with Gasteiger partial charge < -0.3 is 18.9 Å². The Morgan fingerprint density at radius 3 is 2.76 bits per heavy atom. The zero-order valence-electron chi connectivity index (χ0n) is 16.1. The van der Waals surface area contributed by atoms with Gasteiger partial charge in [0.25, 0.3) is 11.5 Å². The molecule has 2 aliphatic rings. The lowest BCUT2D eigenvalue weighted by Gasteiger charge is -2.28. The zero-order chi connectivity index (χ0) is 20.1. The molecule has 0 saturated carbocycles. The van der Waals surface area contributed by atoms with Crippen LogP contribution in [0.3, 0.4) is 0 Å². The summed E-state index contributed by atoms with van der Waals surface area (Å²) in [5, 5.41) is 8.21. The number of ether oxygens (including phenoxy) is 2. The smallest absolute Gasteiger partial charge is 0.268 e. The largest absolute Gasteiger partial charge is 0.454 e. The minimum Gasteiger partial charge on any atom is -0.454 e. The maximum Gasteiger partial charge on any atom is 0.268 e. The maximum absolute atomic E-state index is 13.2. The van der Waals surface area contributed by atoms with Gasteiger partial charge in [-0.15, -0.1) is 10.2 Å². The third-order valence-corrected chi connectivity index (χ3v) is 5.37. The number of nitrogens with zero attached hydrogens (tertiary/aromatic N) is 5. The number of aryl methyl sites for hydroxylation is 2. The number of fused-ring (bicyclic) bond motifs is 2. The second-order valence-electron chi connectivity index (χ2n) is 7.13. The first kappa shape index (κ1) is 17.5. The Labute approximate surface area is 166 Å². The summed E-state index contributed by atoms with van der Waals surface area (Å²) in [5.41, 5.74) is 1.05. The normalized spacial score (nSPS) is 14.8. The highest BCUT2D eigenvalue weighted by atomic mass is 16.7. The number of rotatable bonds is 2. The van der Waals surface area contributed by atoms with Gasteiger partial charge in [0.2, 0.25) is 6.79 Å². The molecule has 9 heteroatoms. The maximum atomic E-state index is 13.2. The van der Waals surface area contributed by atoms with Crippen LogP contribution < -0.4 is 15.0 Å². The second kappa shape index (κ2) is 6.47. The van der Waals surface area contributed by atoms with Gasteiger partial charge in [-0.3, -0.25) is 14.2 Å². The number of aromatic nitrogens is 4. The quantitative estimate of drug-likeness (QED) is 0.654. The third kappa shape index (κ3) is 2.77. The predicted molar refractivity (Wildman–Crippen MR) is 102 cm³/mol. The van der Waals surface area contributed by atoms with Crippen molar-refractivity contribution in [3.8, 4) is 17.2 Å². The lowest BCUT2D eigenvalue weighted by molar-refractivity contribution is 0.0703. The second-order valence-corrected chi connectivity index (χ2v) is 7.13. The number of hydrogen-bond acceptors (Lipinski definition) is 6. The Morgan fingerprint density at radius 2 is 1.90 bits per heavy atom. The average molecular weight is 393 g/mol. The Hall–Kier alpha value is -3.62. The number of carbonyl (C=O) groups excluding carboxylic acids is 1. The van der Waals surface area contributed by atoms with Crippen LogP contribution in [0.5, 0.6) is 11.5 Å². The summed E-state index contributed by atoms with van der Waals surface area (Å²) in [6, 6.07) is 7.03. The molecule has 148 valence electrons. The molecule has 5 rings (SSSR count). The summed E-state index contributed by atoms with van der Waals surface area (Å²) >= 11 is 0. The summed E-state index contributed by atoms with van der Waals surface area (Å²) in [6.45, 7) is 5.26.